The lowest BCUT2D eigenvalue weighted by Gasteiger charge is -2.31. The molecule has 1 saturated heterocycles. The Labute approximate surface area is 149 Å². The molecule has 0 spiro atoms. The summed E-state index contributed by atoms with van der Waals surface area (Å²) in [6, 6.07) is 10.5. The maximum atomic E-state index is 12.2. The summed E-state index contributed by atoms with van der Waals surface area (Å²) in [5.41, 5.74) is 2.03. The van der Waals surface area contributed by atoms with Crippen molar-refractivity contribution in [1.29, 1.82) is 0 Å². The summed E-state index contributed by atoms with van der Waals surface area (Å²) in [4.78, 5) is 26.2. The molecule has 5 heteroatoms. The second-order valence-corrected chi connectivity index (χ2v) is 7.09. The largest absolute Gasteiger partial charge is 0.352 e. The zero-order valence-corrected chi connectivity index (χ0v) is 14.8. The molecule has 0 bridgehead atoms. The normalized spacial score (nSPS) is 19.5. The van der Waals surface area contributed by atoms with Gasteiger partial charge in [-0.15, -0.1) is 0 Å². The van der Waals surface area contributed by atoms with Crippen molar-refractivity contribution in [3.63, 3.8) is 0 Å². The lowest BCUT2D eigenvalue weighted by atomic mass is 10.0. The highest BCUT2D eigenvalue weighted by Crippen LogP contribution is 2.18. The lowest BCUT2D eigenvalue weighted by Crippen LogP contribution is -2.47. The summed E-state index contributed by atoms with van der Waals surface area (Å²) in [5, 5.41) is 6.12. The van der Waals surface area contributed by atoms with Gasteiger partial charge in [0.15, 0.2) is 0 Å². The van der Waals surface area contributed by atoms with E-state index in [4.69, 9.17) is 0 Å². The molecular weight excluding hydrogens is 314 g/mol. The van der Waals surface area contributed by atoms with E-state index in [0.717, 1.165) is 49.9 Å². The first-order valence-corrected chi connectivity index (χ1v) is 9.16. The van der Waals surface area contributed by atoms with Crippen LogP contribution in [0.4, 0.5) is 0 Å². The maximum Gasteiger partial charge on any atom is 0.244 e. The Kier molecular flexibility index (Phi) is 5.87. The minimum Gasteiger partial charge on any atom is -0.352 e. The fraction of sp³-hybridized carbons (Fsp3) is 0.500. The molecule has 1 aromatic carbocycles. The first-order chi connectivity index (χ1) is 12.1. The van der Waals surface area contributed by atoms with Crippen LogP contribution in [0.15, 0.2) is 36.4 Å². The number of nitrogens with one attached hydrogen (secondary N) is 2. The van der Waals surface area contributed by atoms with Crippen LogP contribution >= 0.6 is 0 Å². The van der Waals surface area contributed by atoms with Gasteiger partial charge in [0, 0.05) is 31.2 Å². The first-order valence-electron chi connectivity index (χ1n) is 9.16. The van der Waals surface area contributed by atoms with Crippen LogP contribution in [0.25, 0.3) is 5.57 Å². The zero-order valence-electron chi connectivity index (χ0n) is 14.8. The van der Waals surface area contributed by atoms with Crippen LogP contribution in [0.1, 0.15) is 38.2 Å². The third-order valence-corrected chi connectivity index (χ3v) is 4.82. The van der Waals surface area contributed by atoms with E-state index in [2.05, 4.69) is 15.5 Å². The van der Waals surface area contributed by atoms with Gasteiger partial charge in [-0.25, -0.2) is 0 Å². The van der Waals surface area contributed by atoms with Gasteiger partial charge in [0.1, 0.15) is 0 Å². The summed E-state index contributed by atoms with van der Waals surface area (Å²) in [5.74, 6) is 0.0951. The van der Waals surface area contributed by atoms with Gasteiger partial charge in [-0.2, -0.15) is 0 Å². The van der Waals surface area contributed by atoms with Crippen LogP contribution in [0.3, 0.4) is 0 Å². The van der Waals surface area contributed by atoms with Crippen LogP contribution in [0, 0.1) is 0 Å². The van der Waals surface area contributed by atoms with Gasteiger partial charge in [-0.3, -0.25) is 14.5 Å². The number of hydrogen-bond acceptors (Lipinski definition) is 3. The Balaban J connectivity index is 1.40. The highest BCUT2D eigenvalue weighted by Gasteiger charge is 2.26. The topological polar surface area (TPSA) is 61.4 Å². The third-order valence-electron chi connectivity index (χ3n) is 4.82. The highest BCUT2D eigenvalue weighted by molar-refractivity contribution is 5.95. The van der Waals surface area contributed by atoms with Crippen LogP contribution < -0.4 is 10.6 Å². The Hall–Kier alpha value is -2.14. The van der Waals surface area contributed by atoms with E-state index in [1.807, 2.05) is 37.3 Å². The summed E-state index contributed by atoms with van der Waals surface area (Å²) in [7, 11) is 0. The SMILES string of the molecule is CC(=CC(=O)NC1CCN(CC(=O)NC2CC2)CC1)c1ccccc1. The zero-order chi connectivity index (χ0) is 17.6. The fourth-order valence-electron chi connectivity index (χ4n) is 3.16. The van der Waals surface area contributed by atoms with Crippen LogP contribution in [-0.2, 0) is 9.59 Å². The van der Waals surface area contributed by atoms with Crippen LogP contribution in [-0.4, -0.2) is 48.4 Å². The summed E-state index contributed by atoms with van der Waals surface area (Å²) in [6.45, 7) is 4.13. The number of hydrogen-bond donors (Lipinski definition) is 2. The molecule has 1 saturated carbocycles. The molecule has 1 heterocycles. The van der Waals surface area contributed by atoms with Crippen molar-refractivity contribution >= 4 is 17.4 Å². The molecule has 3 rings (SSSR count). The second-order valence-electron chi connectivity index (χ2n) is 7.09. The minimum absolute atomic E-state index is 0.0359. The van der Waals surface area contributed by atoms with Gasteiger partial charge < -0.3 is 10.6 Å². The molecule has 0 atom stereocenters. The summed E-state index contributed by atoms with van der Waals surface area (Å²) in [6.07, 6.45) is 5.69. The van der Waals surface area contributed by atoms with Crippen molar-refractivity contribution in [3.8, 4) is 0 Å². The molecule has 2 aliphatic rings. The molecule has 5 nitrogen and oxygen atoms in total. The molecule has 1 aliphatic heterocycles. The van der Waals surface area contributed by atoms with Crippen molar-refractivity contribution in [1.82, 2.24) is 15.5 Å². The van der Waals surface area contributed by atoms with Gasteiger partial charge in [-0.1, -0.05) is 30.3 Å². The van der Waals surface area contributed by atoms with Gasteiger partial charge in [0.05, 0.1) is 6.54 Å². The average Bonchev–Trinajstić information content (AvgIpc) is 3.41. The van der Waals surface area contributed by atoms with Crippen LogP contribution in [0.5, 0.6) is 0 Å². The number of benzene rings is 1. The molecule has 134 valence electrons. The van der Waals surface area contributed by atoms with Gasteiger partial charge in [0.25, 0.3) is 0 Å². The fourth-order valence-corrected chi connectivity index (χ4v) is 3.16. The van der Waals surface area contributed by atoms with E-state index in [1.54, 1.807) is 6.08 Å². The Morgan fingerprint density at radius 2 is 1.68 bits per heavy atom. The van der Waals surface area contributed by atoms with E-state index in [-0.39, 0.29) is 17.9 Å². The molecule has 1 aromatic rings. The maximum absolute atomic E-state index is 12.2. The summed E-state index contributed by atoms with van der Waals surface area (Å²) < 4.78 is 0. The van der Waals surface area contributed by atoms with E-state index >= 15 is 0 Å². The second kappa shape index (κ2) is 8.30. The summed E-state index contributed by atoms with van der Waals surface area (Å²) >= 11 is 0. The Bertz CT molecular complexity index is 630. The van der Waals surface area contributed by atoms with Crippen molar-refractivity contribution in [2.75, 3.05) is 19.6 Å². The van der Waals surface area contributed by atoms with E-state index in [1.165, 1.54) is 0 Å². The molecule has 25 heavy (non-hydrogen) atoms. The first kappa shape index (κ1) is 17.7. The number of amides is 2. The molecule has 0 radical (unpaired) electrons. The molecule has 1 aliphatic carbocycles. The predicted molar refractivity (Wildman–Crippen MR) is 98.9 cm³/mol. The van der Waals surface area contributed by atoms with Gasteiger partial charge in [-0.05, 0) is 43.7 Å². The number of piperidine rings is 1. The molecule has 0 unspecified atom stereocenters. The lowest BCUT2D eigenvalue weighted by molar-refractivity contribution is -0.123. The predicted octanol–water partition coefficient (Wildman–Crippen LogP) is 1.95. The number of allylic oxidation sites excluding steroid dienone is 1. The molecular formula is C20H27N3O2. The number of rotatable bonds is 6. The Morgan fingerprint density at radius 3 is 2.32 bits per heavy atom. The van der Waals surface area contributed by atoms with Crippen molar-refractivity contribution in [2.24, 2.45) is 0 Å². The third kappa shape index (κ3) is 5.71. The molecule has 2 amide bonds. The number of carbonyl (C=O) groups excluding carboxylic acids is 2. The van der Waals surface area contributed by atoms with Crippen molar-refractivity contribution in [2.45, 2.75) is 44.7 Å². The average molecular weight is 341 g/mol. The van der Waals surface area contributed by atoms with E-state index in [9.17, 15) is 9.59 Å². The quantitative estimate of drug-likeness (QED) is 0.778. The van der Waals surface area contributed by atoms with Crippen LogP contribution in [0.2, 0.25) is 0 Å². The minimum atomic E-state index is -0.0359. The molecule has 2 N–H and O–H groups in total. The van der Waals surface area contributed by atoms with Crippen molar-refractivity contribution in [3.05, 3.63) is 42.0 Å². The monoisotopic (exact) mass is 341 g/mol. The smallest absolute Gasteiger partial charge is 0.244 e. The number of carbonyl (C=O) groups is 2. The van der Waals surface area contributed by atoms with Crippen molar-refractivity contribution < 1.29 is 9.59 Å². The molecule has 2 fully saturated rings. The Morgan fingerprint density at radius 1 is 1.04 bits per heavy atom. The van der Waals surface area contributed by atoms with E-state index < -0.39 is 0 Å². The highest BCUT2D eigenvalue weighted by atomic mass is 16.2. The van der Waals surface area contributed by atoms with E-state index in [0.29, 0.717) is 12.6 Å². The number of likely N-dealkylation sites (tertiary alicyclic amines) is 1. The molecule has 0 aromatic heterocycles. The van der Waals surface area contributed by atoms with Gasteiger partial charge in [0.2, 0.25) is 11.8 Å². The van der Waals surface area contributed by atoms with Gasteiger partial charge >= 0.3 is 0 Å². The standard InChI is InChI=1S/C20H27N3O2/c1-15(16-5-3-2-4-6-16)13-19(24)21-18-9-11-23(12-10-18)14-20(25)22-17-7-8-17/h2-6,13,17-18H,7-12,14H2,1H3,(H,21,24)(H,22,25). The number of nitrogens with zero attached hydrogens (tertiary/aromatic N) is 1.